The van der Waals surface area contributed by atoms with Gasteiger partial charge in [-0.3, -0.25) is 0 Å². The molecule has 0 unspecified atom stereocenters. The van der Waals surface area contributed by atoms with Crippen molar-refractivity contribution in [3.05, 3.63) is 52.9 Å². The second kappa shape index (κ2) is 7.06. The number of hydrogen-bond acceptors (Lipinski definition) is 3. The zero-order valence-electron chi connectivity index (χ0n) is 11.8. The fraction of sp³-hybridized carbons (Fsp3) is 0.250. The number of hydrogen-bond donors (Lipinski definition) is 0. The monoisotopic (exact) mass is 287 g/mol. The minimum Gasteiger partial charge on any atom is -0.357 e. The Labute approximate surface area is 124 Å². The average Bonchev–Trinajstić information content (AvgIpc) is 2.47. The van der Waals surface area contributed by atoms with Gasteiger partial charge in [-0.1, -0.05) is 36.4 Å². The van der Waals surface area contributed by atoms with Gasteiger partial charge < -0.3 is 4.90 Å². The highest BCUT2D eigenvalue weighted by molar-refractivity contribution is 6.28. The van der Waals surface area contributed by atoms with Gasteiger partial charge in [0.25, 0.3) is 0 Å². The number of nitrogens with zero attached hydrogens (tertiary/aromatic N) is 3. The SMILES string of the molecule is CCN(CC)c1cc(C=Cc2ccccc2)nc(Cl)n1. The maximum atomic E-state index is 6.01. The highest BCUT2D eigenvalue weighted by Gasteiger charge is 2.06. The molecule has 0 bridgehead atoms. The van der Waals surface area contributed by atoms with Crippen LogP contribution in [0.25, 0.3) is 12.2 Å². The van der Waals surface area contributed by atoms with Gasteiger partial charge >= 0.3 is 0 Å². The normalized spacial score (nSPS) is 10.9. The fourth-order valence-corrected chi connectivity index (χ4v) is 2.15. The fourth-order valence-electron chi connectivity index (χ4n) is 1.96. The Morgan fingerprint density at radius 1 is 1.05 bits per heavy atom. The number of anilines is 1. The van der Waals surface area contributed by atoms with Gasteiger partial charge in [-0.25, -0.2) is 9.97 Å². The Hall–Kier alpha value is -1.87. The van der Waals surface area contributed by atoms with Gasteiger partial charge in [0.15, 0.2) is 0 Å². The lowest BCUT2D eigenvalue weighted by Gasteiger charge is -2.19. The molecular weight excluding hydrogens is 270 g/mol. The lowest BCUT2D eigenvalue weighted by molar-refractivity contribution is 0.841. The van der Waals surface area contributed by atoms with Crippen molar-refractivity contribution in [2.75, 3.05) is 18.0 Å². The molecule has 2 rings (SSSR count). The highest BCUT2D eigenvalue weighted by atomic mass is 35.5. The summed E-state index contributed by atoms with van der Waals surface area (Å²) in [7, 11) is 0. The van der Waals surface area contributed by atoms with E-state index in [0.717, 1.165) is 30.2 Å². The number of aromatic nitrogens is 2. The van der Waals surface area contributed by atoms with Crippen LogP contribution in [0.5, 0.6) is 0 Å². The molecular formula is C16H18ClN3. The minimum absolute atomic E-state index is 0.280. The summed E-state index contributed by atoms with van der Waals surface area (Å²) in [6, 6.07) is 12.1. The molecule has 1 aromatic carbocycles. The first-order valence-electron chi connectivity index (χ1n) is 6.75. The van der Waals surface area contributed by atoms with Crippen LogP contribution < -0.4 is 4.90 Å². The molecule has 0 aliphatic rings. The van der Waals surface area contributed by atoms with Crippen molar-refractivity contribution in [2.24, 2.45) is 0 Å². The third kappa shape index (κ3) is 3.81. The number of rotatable bonds is 5. The number of halogens is 1. The summed E-state index contributed by atoms with van der Waals surface area (Å²) in [5, 5.41) is 0.280. The van der Waals surface area contributed by atoms with E-state index in [1.54, 1.807) is 0 Å². The molecule has 2 aromatic rings. The van der Waals surface area contributed by atoms with Crippen molar-refractivity contribution in [1.82, 2.24) is 9.97 Å². The van der Waals surface area contributed by atoms with Crippen LogP contribution in [0.4, 0.5) is 5.82 Å². The topological polar surface area (TPSA) is 29.0 Å². The Morgan fingerprint density at radius 3 is 2.40 bits per heavy atom. The molecule has 0 spiro atoms. The first-order valence-corrected chi connectivity index (χ1v) is 7.13. The highest BCUT2D eigenvalue weighted by Crippen LogP contribution is 2.17. The smallest absolute Gasteiger partial charge is 0.224 e. The van der Waals surface area contributed by atoms with E-state index in [2.05, 4.69) is 28.7 Å². The van der Waals surface area contributed by atoms with Gasteiger partial charge in [0.2, 0.25) is 5.28 Å². The molecule has 0 saturated carbocycles. The van der Waals surface area contributed by atoms with Gasteiger partial charge in [0, 0.05) is 19.2 Å². The Kier molecular flexibility index (Phi) is 5.13. The van der Waals surface area contributed by atoms with Crippen LogP contribution in [0.2, 0.25) is 5.28 Å². The molecule has 3 nitrogen and oxygen atoms in total. The summed E-state index contributed by atoms with van der Waals surface area (Å²) in [6.07, 6.45) is 3.97. The van der Waals surface area contributed by atoms with E-state index in [1.165, 1.54) is 0 Å². The van der Waals surface area contributed by atoms with Crippen molar-refractivity contribution in [2.45, 2.75) is 13.8 Å². The molecule has 4 heteroatoms. The standard InChI is InChI=1S/C16H18ClN3/c1-3-20(4-2)15-12-14(18-16(17)19-15)11-10-13-8-6-5-7-9-13/h5-12H,3-4H2,1-2H3. The van der Waals surface area contributed by atoms with E-state index in [9.17, 15) is 0 Å². The molecule has 1 heterocycles. The lowest BCUT2D eigenvalue weighted by atomic mass is 10.2. The predicted octanol–water partition coefficient (Wildman–Crippen LogP) is 4.15. The van der Waals surface area contributed by atoms with Crippen LogP contribution in [-0.2, 0) is 0 Å². The van der Waals surface area contributed by atoms with E-state index >= 15 is 0 Å². The van der Waals surface area contributed by atoms with E-state index in [-0.39, 0.29) is 5.28 Å². The Balaban J connectivity index is 2.26. The third-order valence-electron chi connectivity index (χ3n) is 3.04. The van der Waals surface area contributed by atoms with E-state index in [4.69, 9.17) is 11.6 Å². The second-order valence-electron chi connectivity index (χ2n) is 4.34. The van der Waals surface area contributed by atoms with Gasteiger partial charge in [-0.2, -0.15) is 0 Å². The first-order chi connectivity index (χ1) is 9.72. The van der Waals surface area contributed by atoms with Gasteiger partial charge in [0.05, 0.1) is 5.69 Å². The second-order valence-corrected chi connectivity index (χ2v) is 4.67. The van der Waals surface area contributed by atoms with Gasteiger partial charge in [-0.05, 0) is 37.1 Å². The van der Waals surface area contributed by atoms with Crippen molar-refractivity contribution in [1.29, 1.82) is 0 Å². The maximum absolute atomic E-state index is 6.01. The first kappa shape index (κ1) is 14.5. The van der Waals surface area contributed by atoms with Crippen LogP contribution in [0.3, 0.4) is 0 Å². The molecule has 0 fully saturated rings. The predicted molar refractivity (Wildman–Crippen MR) is 86.0 cm³/mol. The Morgan fingerprint density at radius 2 is 1.75 bits per heavy atom. The van der Waals surface area contributed by atoms with Gasteiger partial charge in [0.1, 0.15) is 5.82 Å². The minimum atomic E-state index is 0.280. The molecule has 1 aromatic heterocycles. The summed E-state index contributed by atoms with van der Waals surface area (Å²) >= 11 is 6.01. The van der Waals surface area contributed by atoms with Crippen LogP contribution in [0.15, 0.2) is 36.4 Å². The summed E-state index contributed by atoms with van der Waals surface area (Å²) in [4.78, 5) is 10.7. The third-order valence-corrected chi connectivity index (χ3v) is 3.21. The van der Waals surface area contributed by atoms with Crippen molar-refractivity contribution >= 4 is 29.6 Å². The largest absolute Gasteiger partial charge is 0.357 e. The summed E-state index contributed by atoms with van der Waals surface area (Å²) in [6.45, 7) is 5.98. The molecule has 0 aliphatic heterocycles. The molecule has 0 aliphatic carbocycles. The lowest BCUT2D eigenvalue weighted by Crippen LogP contribution is -2.23. The van der Waals surface area contributed by atoms with E-state index < -0.39 is 0 Å². The van der Waals surface area contributed by atoms with Crippen LogP contribution in [0, 0.1) is 0 Å². The zero-order chi connectivity index (χ0) is 14.4. The molecule has 0 atom stereocenters. The van der Waals surface area contributed by atoms with Crippen LogP contribution in [-0.4, -0.2) is 23.1 Å². The molecule has 0 amide bonds. The van der Waals surface area contributed by atoms with Crippen molar-refractivity contribution in [3.63, 3.8) is 0 Å². The van der Waals surface area contributed by atoms with Crippen LogP contribution in [0.1, 0.15) is 25.1 Å². The molecule has 20 heavy (non-hydrogen) atoms. The molecule has 0 radical (unpaired) electrons. The maximum Gasteiger partial charge on any atom is 0.224 e. The van der Waals surface area contributed by atoms with Crippen molar-refractivity contribution < 1.29 is 0 Å². The van der Waals surface area contributed by atoms with Crippen molar-refractivity contribution in [3.8, 4) is 0 Å². The molecule has 0 saturated heterocycles. The average molecular weight is 288 g/mol. The summed E-state index contributed by atoms with van der Waals surface area (Å²) in [5.41, 5.74) is 1.95. The number of benzene rings is 1. The zero-order valence-corrected chi connectivity index (χ0v) is 12.5. The van der Waals surface area contributed by atoms with Gasteiger partial charge in [-0.15, -0.1) is 0 Å². The Bertz CT molecular complexity index is 578. The summed E-state index contributed by atoms with van der Waals surface area (Å²) < 4.78 is 0. The van der Waals surface area contributed by atoms with E-state index in [0.29, 0.717) is 0 Å². The quantitative estimate of drug-likeness (QED) is 0.774. The molecule has 104 valence electrons. The van der Waals surface area contributed by atoms with Crippen LogP contribution >= 0.6 is 11.6 Å². The molecule has 0 N–H and O–H groups in total. The van der Waals surface area contributed by atoms with E-state index in [1.807, 2.05) is 48.6 Å². The summed E-state index contributed by atoms with van der Waals surface area (Å²) in [5.74, 6) is 0.864.